The quantitative estimate of drug-likeness (QED) is 0.835. The summed E-state index contributed by atoms with van der Waals surface area (Å²) in [5.74, 6) is -0.834. The van der Waals surface area contributed by atoms with Crippen molar-refractivity contribution in [3.8, 4) is 5.75 Å². The van der Waals surface area contributed by atoms with Gasteiger partial charge in [0.2, 0.25) is 0 Å². The molecule has 1 heterocycles. The van der Waals surface area contributed by atoms with Gasteiger partial charge in [0.25, 0.3) is 0 Å². The molecule has 0 radical (unpaired) electrons. The second-order valence-electron chi connectivity index (χ2n) is 4.85. The van der Waals surface area contributed by atoms with E-state index in [1.165, 1.54) is 10.4 Å². The van der Waals surface area contributed by atoms with Crippen LogP contribution in [0.25, 0.3) is 0 Å². The van der Waals surface area contributed by atoms with Crippen molar-refractivity contribution in [1.82, 2.24) is 4.31 Å². The van der Waals surface area contributed by atoms with Crippen molar-refractivity contribution < 1.29 is 17.9 Å². The number of rotatable bonds is 3. The largest absolute Gasteiger partial charge is 0.505 e. The normalized spacial score (nSPS) is 18.4. The van der Waals surface area contributed by atoms with Crippen molar-refractivity contribution in [2.45, 2.75) is 19.8 Å². The minimum Gasteiger partial charge on any atom is -0.505 e. The number of benzene rings is 1. The molecule has 0 unspecified atom stereocenters. The zero-order valence-electron chi connectivity index (χ0n) is 10.6. The predicted octanol–water partition coefficient (Wildman–Crippen LogP) is 1.92. The van der Waals surface area contributed by atoms with Crippen molar-refractivity contribution in [3.63, 3.8) is 0 Å². The smallest absolute Gasteiger partial charge is 0.301 e. The molecule has 0 amide bonds. The highest BCUT2D eigenvalue weighted by molar-refractivity contribution is 7.90. The van der Waals surface area contributed by atoms with Crippen LogP contribution in [0, 0.1) is 11.7 Å². The van der Waals surface area contributed by atoms with Gasteiger partial charge in [-0.15, -0.1) is 0 Å². The van der Waals surface area contributed by atoms with Crippen LogP contribution in [0.2, 0.25) is 0 Å². The van der Waals surface area contributed by atoms with Gasteiger partial charge >= 0.3 is 10.2 Å². The maximum atomic E-state index is 13.1. The summed E-state index contributed by atoms with van der Waals surface area (Å²) in [5, 5.41) is 9.06. The molecule has 1 fully saturated rings. The van der Waals surface area contributed by atoms with Crippen LogP contribution in [0.15, 0.2) is 18.2 Å². The Morgan fingerprint density at radius 3 is 2.58 bits per heavy atom. The Labute approximate surface area is 112 Å². The molecule has 7 heteroatoms. The summed E-state index contributed by atoms with van der Waals surface area (Å²) in [6.07, 6.45) is 1.65. The van der Waals surface area contributed by atoms with Crippen LogP contribution in [-0.2, 0) is 10.2 Å². The highest BCUT2D eigenvalue weighted by atomic mass is 32.2. The van der Waals surface area contributed by atoms with Crippen LogP contribution in [-0.4, -0.2) is 30.9 Å². The first-order chi connectivity index (χ1) is 8.88. The van der Waals surface area contributed by atoms with Crippen LogP contribution in [0.5, 0.6) is 5.75 Å². The first-order valence-electron chi connectivity index (χ1n) is 6.15. The van der Waals surface area contributed by atoms with Crippen molar-refractivity contribution in [2.75, 3.05) is 17.8 Å². The van der Waals surface area contributed by atoms with E-state index in [2.05, 4.69) is 11.6 Å². The van der Waals surface area contributed by atoms with E-state index < -0.39 is 21.8 Å². The minimum atomic E-state index is -3.65. The van der Waals surface area contributed by atoms with Gasteiger partial charge in [-0.3, -0.25) is 4.72 Å². The zero-order chi connectivity index (χ0) is 14.0. The fourth-order valence-electron chi connectivity index (χ4n) is 2.01. The van der Waals surface area contributed by atoms with Gasteiger partial charge in [0.15, 0.2) is 11.6 Å². The summed E-state index contributed by atoms with van der Waals surface area (Å²) in [5.41, 5.74) is 0.105. The van der Waals surface area contributed by atoms with Crippen molar-refractivity contribution in [3.05, 3.63) is 24.0 Å². The standard InChI is InChI=1S/C12H17FN2O3S/c1-9-4-6-15(7-5-9)19(17,18)14-10-2-3-12(16)11(13)8-10/h2-3,8-9,14,16H,4-7H2,1H3. The number of phenols is 1. The van der Waals surface area contributed by atoms with E-state index in [0.29, 0.717) is 19.0 Å². The van der Waals surface area contributed by atoms with Crippen LogP contribution < -0.4 is 4.72 Å². The van der Waals surface area contributed by atoms with E-state index in [0.717, 1.165) is 25.0 Å². The number of halogens is 1. The summed E-state index contributed by atoms with van der Waals surface area (Å²) in [7, 11) is -3.65. The topological polar surface area (TPSA) is 69.6 Å². The summed E-state index contributed by atoms with van der Waals surface area (Å²) in [6, 6.07) is 3.40. The highest BCUT2D eigenvalue weighted by Gasteiger charge is 2.26. The molecule has 0 saturated carbocycles. The molecule has 1 aromatic carbocycles. The van der Waals surface area contributed by atoms with E-state index in [1.807, 2.05) is 0 Å². The number of nitrogens with one attached hydrogen (secondary N) is 1. The molecule has 0 aliphatic carbocycles. The van der Waals surface area contributed by atoms with Gasteiger partial charge in [-0.05, 0) is 30.9 Å². The Hall–Kier alpha value is -1.34. The molecular formula is C12H17FN2O3S. The van der Waals surface area contributed by atoms with Gasteiger partial charge < -0.3 is 5.11 Å². The average Bonchev–Trinajstić information content (AvgIpc) is 2.34. The molecular weight excluding hydrogens is 271 g/mol. The fourth-order valence-corrected chi connectivity index (χ4v) is 3.25. The number of hydrogen-bond donors (Lipinski definition) is 2. The molecule has 0 aromatic heterocycles. The fraction of sp³-hybridized carbons (Fsp3) is 0.500. The molecule has 1 saturated heterocycles. The lowest BCUT2D eigenvalue weighted by atomic mass is 10.0. The Balaban J connectivity index is 2.10. The van der Waals surface area contributed by atoms with E-state index in [4.69, 9.17) is 5.11 Å². The molecule has 0 spiro atoms. The molecule has 1 aliphatic rings. The number of aromatic hydroxyl groups is 1. The van der Waals surface area contributed by atoms with Crippen LogP contribution in [0.1, 0.15) is 19.8 Å². The van der Waals surface area contributed by atoms with E-state index in [9.17, 15) is 12.8 Å². The molecule has 1 aliphatic heterocycles. The Bertz CT molecular complexity index is 554. The minimum absolute atomic E-state index is 0.105. The molecule has 1 aromatic rings. The number of hydrogen-bond acceptors (Lipinski definition) is 3. The van der Waals surface area contributed by atoms with Gasteiger partial charge in [0, 0.05) is 19.2 Å². The zero-order valence-corrected chi connectivity index (χ0v) is 11.5. The maximum absolute atomic E-state index is 13.1. The SMILES string of the molecule is CC1CCN(S(=O)(=O)Nc2ccc(O)c(F)c2)CC1. The lowest BCUT2D eigenvalue weighted by Gasteiger charge is -2.29. The lowest BCUT2D eigenvalue weighted by molar-refractivity contribution is 0.289. The second-order valence-corrected chi connectivity index (χ2v) is 6.53. The number of piperidine rings is 1. The summed E-state index contributed by atoms with van der Waals surface area (Å²) < 4.78 is 41.0. The second kappa shape index (κ2) is 5.34. The lowest BCUT2D eigenvalue weighted by Crippen LogP contribution is -2.41. The van der Waals surface area contributed by atoms with Gasteiger partial charge in [-0.1, -0.05) is 6.92 Å². The van der Waals surface area contributed by atoms with Crippen LogP contribution in [0.4, 0.5) is 10.1 Å². The molecule has 2 rings (SSSR count). The van der Waals surface area contributed by atoms with Crippen molar-refractivity contribution in [2.24, 2.45) is 5.92 Å². The van der Waals surface area contributed by atoms with Crippen molar-refractivity contribution >= 4 is 15.9 Å². The van der Waals surface area contributed by atoms with Gasteiger partial charge in [0.1, 0.15) is 0 Å². The Morgan fingerprint density at radius 1 is 1.37 bits per heavy atom. The third-order valence-corrected chi connectivity index (χ3v) is 4.82. The monoisotopic (exact) mass is 288 g/mol. The van der Waals surface area contributed by atoms with Crippen LogP contribution >= 0.6 is 0 Å². The first-order valence-corrected chi connectivity index (χ1v) is 7.59. The third-order valence-electron chi connectivity index (χ3n) is 3.28. The molecule has 19 heavy (non-hydrogen) atoms. The molecule has 5 nitrogen and oxygen atoms in total. The highest BCUT2D eigenvalue weighted by Crippen LogP contribution is 2.23. The maximum Gasteiger partial charge on any atom is 0.301 e. The first kappa shape index (κ1) is 14.1. The van der Waals surface area contributed by atoms with E-state index in [1.54, 1.807) is 0 Å². The Morgan fingerprint density at radius 2 is 2.00 bits per heavy atom. The van der Waals surface area contributed by atoms with Gasteiger partial charge in [-0.25, -0.2) is 4.39 Å². The number of nitrogens with zero attached hydrogens (tertiary/aromatic N) is 1. The average molecular weight is 288 g/mol. The molecule has 0 atom stereocenters. The van der Waals surface area contributed by atoms with Crippen molar-refractivity contribution in [1.29, 1.82) is 0 Å². The molecule has 0 bridgehead atoms. The predicted molar refractivity (Wildman–Crippen MR) is 70.6 cm³/mol. The van der Waals surface area contributed by atoms with Gasteiger partial charge in [0.05, 0.1) is 5.69 Å². The van der Waals surface area contributed by atoms with E-state index >= 15 is 0 Å². The number of anilines is 1. The molecule has 106 valence electrons. The third kappa shape index (κ3) is 3.36. The van der Waals surface area contributed by atoms with Crippen LogP contribution in [0.3, 0.4) is 0 Å². The van der Waals surface area contributed by atoms with Gasteiger partial charge in [-0.2, -0.15) is 12.7 Å². The summed E-state index contributed by atoms with van der Waals surface area (Å²) in [4.78, 5) is 0. The summed E-state index contributed by atoms with van der Waals surface area (Å²) in [6.45, 7) is 3.03. The number of phenolic OH excluding ortho intramolecular Hbond substituents is 1. The summed E-state index contributed by atoms with van der Waals surface area (Å²) >= 11 is 0. The molecule has 2 N–H and O–H groups in total. The Kier molecular flexibility index (Phi) is 3.96. The van der Waals surface area contributed by atoms with E-state index in [-0.39, 0.29) is 5.69 Å².